The van der Waals surface area contributed by atoms with Crippen LogP contribution in [-0.2, 0) is 6.54 Å². The maximum absolute atomic E-state index is 11.8. The Balaban J connectivity index is 1.85. The molecule has 114 valence electrons. The van der Waals surface area contributed by atoms with E-state index >= 15 is 0 Å². The molecule has 6 nitrogen and oxygen atoms in total. The number of hydrogen-bond donors (Lipinski definition) is 2. The maximum atomic E-state index is 11.8. The SMILES string of the molecule is COc1ccc(NC(=O)NCc2ccc(C(=O)[O-])cc2)cc1. The first-order chi connectivity index (χ1) is 10.6. The fourth-order valence-corrected chi connectivity index (χ4v) is 1.79. The molecule has 2 N–H and O–H groups in total. The summed E-state index contributed by atoms with van der Waals surface area (Å²) in [5, 5.41) is 16.0. The lowest BCUT2D eigenvalue weighted by atomic mass is 10.1. The van der Waals surface area contributed by atoms with Gasteiger partial charge in [0.25, 0.3) is 0 Å². The molecule has 0 aromatic heterocycles. The van der Waals surface area contributed by atoms with Gasteiger partial charge in [-0.25, -0.2) is 4.79 Å². The molecule has 6 heteroatoms. The quantitative estimate of drug-likeness (QED) is 0.872. The van der Waals surface area contributed by atoms with Crippen LogP contribution in [0.5, 0.6) is 5.75 Å². The summed E-state index contributed by atoms with van der Waals surface area (Å²) in [5.41, 5.74) is 1.53. The monoisotopic (exact) mass is 299 g/mol. The van der Waals surface area contributed by atoms with Gasteiger partial charge in [0.2, 0.25) is 0 Å². The first kappa shape index (κ1) is 15.4. The Hall–Kier alpha value is -3.02. The number of urea groups is 1. The van der Waals surface area contributed by atoms with Crippen molar-refractivity contribution < 1.29 is 19.4 Å². The van der Waals surface area contributed by atoms with Crippen LogP contribution in [0.4, 0.5) is 10.5 Å². The molecule has 0 unspecified atom stereocenters. The van der Waals surface area contributed by atoms with Crippen molar-refractivity contribution in [1.82, 2.24) is 5.32 Å². The summed E-state index contributed by atoms with van der Waals surface area (Å²) in [5.74, 6) is -0.518. The van der Waals surface area contributed by atoms with Crippen molar-refractivity contribution in [3.05, 3.63) is 59.7 Å². The summed E-state index contributed by atoms with van der Waals surface area (Å²) in [7, 11) is 1.57. The van der Waals surface area contributed by atoms with Crippen molar-refractivity contribution in [3.8, 4) is 5.75 Å². The minimum atomic E-state index is -1.23. The summed E-state index contributed by atoms with van der Waals surface area (Å²) in [6, 6.07) is 12.7. The van der Waals surface area contributed by atoms with Crippen molar-refractivity contribution in [2.75, 3.05) is 12.4 Å². The number of carboxylic acid groups (broad SMARTS) is 1. The second-order valence-electron chi connectivity index (χ2n) is 4.52. The van der Waals surface area contributed by atoms with Crippen LogP contribution in [0.25, 0.3) is 0 Å². The molecule has 2 amide bonds. The Kier molecular flexibility index (Phi) is 4.98. The average Bonchev–Trinajstić information content (AvgIpc) is 2.54. The number of methoxy groups -OCH3 is 1. The molecule has 0 bridgehead atoms. The minimum Gasteiger partial charge on any atom is -0.545 e. The van der Waals surface area contributed by atoms with Crippen LogP contribution in [0.1, 0.15) is 15.9 Å². The van der Waals surface area contributed by atoms with E-state index in [2.05, 4.69) is 10.6 Å². The van der Waals surface area contributed by atoms with Gasteiger partial charge in [-0.1, -0.05) is 24.3 Å². The summed E-state index contributed by atoms with van der Waals surface area (Å²) >= 11 is 0. The highest BCUT2D eigenvalue weighted by Crippen LogP contribution is 2.14. The lowest BCUT2D eigenvalue weighted by Gasteiger charge is -2.09. The van der Waals surface area contributed by atoms with E-state index in [4.69, 9.17) is 4.74 Å². The van der Waals surface area contributed by atoms with Gasteiger partial charge in [-0.3, -0.25) is 0 Å². The highest BCUT2D eigenvalue weighted by molar-refractivity contribution is 5.89. The van der Waals surface area contributed by atoms with Crippen molar-refractivity contribution in [2.24, 2.45) is 0 Å². The number of ether oxygens (including phenoxy) is 1. The predicted octanol–water partition coefficient (Wildman–Crippen LogP) is 1.38. The molecule has 0 saturated heterocycles. The standard InChI is InChI=1S/C16H16N2O4/c1-22-14-8-6-13(7-9-14)18-16(21)17-10-11-2-4-12(5-3-11)15(19)20/h2-9H,10H2,1H3,(H,19,20)(H2,17,18,21)/p-1. The molecule has 0 aliphatic heterocycles. The highest BCUT2D eigenvalue weighted by atomic mass is 16.5. The van der Waals surface area contributed by atoms with Crippen LogP contribution < -0.4 is 20.5 Å². The Labute approximate surface area is 127 Å². The fourth-order valence-electron chi connectivity index (χ4n) is 1.79. The van der Waals surface area contributed by atoms with E-state index in [9.17, 15) is 14.7 Å². The van der Waals surface area contributed by atoms with E-state index in [1.54, 1.807) is 43.5 Å². The Morgan fingerprint density at radius 1 is 1.05 bits per heavy atom. The highest BCUT2D eigenvalue weighted by Gasteiger charge is 2.02. The van der Waals surface area contributed by atoms with E-state index < -0.39 is 5.97 Å². The van der Waals surface area contributed by atoms with Crippen molar-refractivity contribution in [1.29, 1.82) is 0 Å². The number of rotatable bonds is 5. The third-order valence-electron chi connectivity index (χ3n) is 2.99. The molecule has 0 saturated carbocycles. The zero-order valence-corrected chi connectivity index (χ0v) is 12.0. The number of aromatic carboxylic acids is 1. The molecular formula is C16H15N2O4-. The molecule has 2 rings (SSSR count). The lowest BCUT2D eigenvalue weighted by molar-refractivity contribution is -0.255. The molecule has 0 heterocycles. The Morgan fingerprint density at radius 2 is 1.68 bits per heavy atom. The average molecular weight is 299 g/mol. The topological polar surface area (TPSA) is 90.5 Å². The smallest absolute Gasteiger partial charge is 0.319 e. The van der Waals surface area contributed by atoms with Crippen LogP contribution in [0.15, 0.2) is 48.5 Å². The van der Waals surface area contributed by atoms with E-state index in [1.807, 2.05) is 0 Å². The molecule has 0 fully saturated rings. The number of hydrogen-bond acceptors (Lipinski definition) is 4. The lowest BCUT2D eigenvalue weighted by Crippen LogP contribution is -2.28. The molecule has 2 aromatic carbocycles. The van der Waals surface area contributed by atoms with E-state index in [-0.39, 0.29) is 18.1 Å². The van der Waals surface area contributed by atoms with Crippen LogP contribution >= 0.6 is 0 Å². The number of nitrogens with one attached hydrogen (secondary N) is 2. The van der Waals surface area contributed by atoms with Crippen molar-refractivity contribution in [3.63, 3.8) is 0 Å². The van der Waals surface area contributed by atoms with Crippen LogP contribution in [-0.4, -0.2) is 19.1 Å². The number of anilines is 1. The Morgan fingerprint density at radius 3 is 2.23 bits per heavy atom. The predicted molar refractivity (Wildman–Crippen MR) is 79.6 cm³/mol. The maximum Gasteiger partial charge on any atom is 0.319 e. The number of carbonyl (C=O) groups excluding carboxylic acids is 2. The zero-order valence-electron chi connectivity index (χ0n) is 12.0. The van der Waals surface area contributed by atoms with Gasteiger partial charge in [-0.2, -0.15) is 0 Å². The molecule has 0 aliphatic carbocycles. The van der Waals surface area contributed by atoms with Crippen molar-refractivity contribution in [2.45, 2.75) is 6.54 Å². The number of amides is 2. The first-order valence-electron chi connectivity index (χ1n) is 6.57. The molecule has 22 heavy (non-hydrogen) atoms. The minimum absolute atomic E-state index is 0.103. The third-order valence-corrected chi connectivity index (χ3v) is 2.99. The third kappa shape index (κ3) is 4.24. The number of carbonyl (C=O) groups is 2. The molecular weight excluding hydrogens is 284 g/mol. The van der Waals surface area contributed by atoms with Crippen LogP contribution in [0.3, 0.4) is 0 Å². The van der Waals surface area contributed by atoms with Gasteiger partial charge in [0.15, 0.2) is 0 Å². The summed E-state index contributed by atoms with van der Waals surface area (Å²) in [4.78, 5) is 22.4. The van der Waals surface area contributed by atoms with Gasteiger partial charge in [0.05, 0.1) is 13.1 Å². The molecule has 0 spiro atoms. The summed E-state index contributed by atoms with van der Waals surface area (Å²) in [6.45, 7) is 0.287. The van der Waals surface area contributed by atoms with Gasteiger partial charge in [0, 0.05) is 12.2 Å². The van der Waals surface area contributed by atoms with E-state index in [0.29, 0.717) is 11.4 Å². The second-order valence-corrected chi connectivity index (χ2v) is 4.52. The zero-order chi connectivity index (χ0) is 15.9. The molecule has 0 aliphatic rings. The van der Waals surface area contributed by atoms with Gasteiger partial charge >= 0.3 is 6.03 Å². The van der Waals surface area contributed by atoms with Gasteiger partial charge < -0.3 is 25.3 Å². The normalized spacial score (nSPS) is 9.86. The second kappa shape index (κ2) is 7.12. The van der Waals surface area contributed by atoms with Gasteiger partial charge in [0.1, 0.15) is 5.75 Å². The van der Waals surface area contributed by atoms with Crippen molar-refractivity contribution >= 4 is 17.7 Å². The fraction of sp³-hybridized carbons (Fsp3) is 0.125. The number of carboxylic acids is 1. The number of benzene rings is 2. The molecule has 2 aromatic rings. The molecule has 0 radical (unpaired) electrons. The Bertz CT molecular complexity index is 651. The summed E-state index contributed by atoms with van der Waals surface area (Å²) in [6.07, 6.45) is 0. The van der Waals surface area contributed by atoms with Crippen LogP contribution in [0, 0.1) is 0 Å². The van der Waals surface area contributed by atoms with Gasteiger partial charge in [-0.15, -0.1) is 0 Å². The summed E-state index contributed by atoms with van der Waals surface area (Å²) < 4.78 is 5.03. The molecule has 0 atom stereocenters. The van der Waals surface area contributed by atoms with E-state index in [1.165, 1.54) is 12.1 Å². The van der Waals surface area contributed by atoms with Gasteiger partial charge in [-0.05, 0) is 35.4 Å². The first-order valence-corrected chi connectivity index (χ1v) is 6.57. The largest absolute Gasteiger partial charge is 0.545 e. The van der Waals surface area contributed by atoms with Crippen LogP contribution in [0.2, 0.25) is 0 Å². The van der Waals surface area contributed by atoms with E-state index in [0.717, 1.165) is 5.56 Å².